The lowest BCUT2D eigenvalue weighted by Crippen LogP contribution is -2.56. The maximum Gasteiger partial charge on any atom is 0.228 e. The number of carbonyl (C=O) groups is 1. The number of benzene rings is 2. The standard InChI is InChI=1S/C26H34Cl2N2O/c1-18(30(25(31)26(2,3)4)23-6-5-15-29-17-23)24(20-9-13-22(28)14-10-20)16-19-7-11-21(27)12-8-19/h7-14,18,23-24,29H,5-6,15-17H2,1-4H3. The van der Waals surface area contributed by atoms with Crippen molar-refractivity contribution in [3.8, 4) is 0 Å². The number of carbonyl (C=O) groups excluding carboxylic acids is 1. The van der Waals surface area contributed by atoms with E-state index in [2.05, 4.69) is 41.4 Å². The minimum absolute atomic E-state index is 0.0356. The van der Waals surface area contributed by atoms with E-state index in [0.29, 0.717) is 0 Å². The highest BCUT2D eigenvalue weighted by atomic mass is 35.5. The molecule has 0 aromatic heterocycles. The molecule has 2 aromatic carbocycles. The molecule has 1 amide bonds. The Hall–Kier alpha value is -1.55. The summed E-state index contributed by atoms with van der Waals surface area (Å²) in [6.07, 6.45) is 2.95. The number of rotatable bonds is 6. The number of nitrogens with zero attached hydrogens (tertiary/aromatic N) is 1. The Morgan fingerprint density at radius 2 is 1.65 bits per heavy atom. The van der Waals surface area contributed by atoms with Gasteiger partial charge in [-0.1, -0.05) is 68.2 Å². The van der Waals surface area contributed by atoms with Crippen molar-refractivity contribution in [2.75, 3.05) is 13.1 Å². The molecule has 31 heavy (non-hydrogen) atoms. The number of nitrogens with one attached hydrogen (secondary N) is 1. The third kappa shape index (κ3) is 6.25. The molecule has 1 heterocycles. The molecular weight excluding hydrogens is 427 g/mol. The highest BCUT2D eigenvalue weighted by molar-refractivity contribution is 6.30. The van der Waals surface area contributed by atoms with Gasteiger partial charge < -0.3 is 10.2 Å². The van der Waals surface area contributed by atoms with Crippen LogP contribution in [0.4, 0.5) is 0 Å². The van der Waals surface area contributed by atoms with E-state index in [1.165, 1.54) is 11.1 Å². The Morgan fingerprint density at radius 1 is 1.06 bits per heavy atom. The molecule has 1 saturated heterocycles. The van der Waals surface area contributed by atoms with Crippen molar-refractivity contribution in [3.05, 3.63) is 69.7 Å². The first-order valence-corrected chi connectivity index (χ1v) is 12.0. The topological polar surface area (TPSA) is 32.3 Å². The van der Waals surface area contributed by atoms with E-state index in [4.69, 9.17) is 23.2 Å². The van der Waals surface area contributed by atoms with Crippen molar-refractivity contribution >= 4 is 29.1 Å². The second kappa shape index (κ2) is 10.4. The summed E-state index contributed by atoms with van der Waals surface area (Å²) in [6.45, 7) is 10.1. The molecule has 3 rings (SSSR count). The molecule has 0 saturated carbocycles. The molecular formula is C26H34Cl2N2O. The van der Waals surface area contributed by atoms with Crippen molar-refractivity contribution in [1.29, 1.82) is 0 Å². The molecule has 1 aliphatic heterocycles. The van der Waals surface area contributed by atoms with Gasteiger partial charge >= 0.3 is 0 Å². The minimum atomic E-state index is -0.434. The largest absolute Gasteiger partial charge is 0.335 e. The Labute approximate surface area is 197 Å². The van der Waals surface area contributed by atoms with Gasteiger partial charge in [0.15, 0.2) is 0 Å². The molecule has 5 heteroatoms. The Morgan fingerprint density at radius 3 is 2.16 bits per heavy atom. The number of hydrogen-bond acceptors (Lipinski definition) is 2. The van der Waals surface area contributed by atoms with Gasteiger partial charge in [-0.25, -0.2) is 0 Å². The monoisotopic (exact) mass is 460 g/mol. The van der Waals surface area contributed by atoms with Crippen LogP contribution in [-0.4, -0.2) is 36.0 Å². The minimum Gasteiger partial charge on any atom is -0.335 e. The second-order valence-corrected chi connectivity index (χ2v) is 10.6. The number of hydrogen-bond donors (Lipinski definition) is 1. The lowest BCUT2D eigenvalue weighted by molar-refractivity contribution is -0.145. The Bertz CT molecular complexity index is 852. The molecule has 1 fully saturated rings. The zero-order valence-corrected chi connectivity index (χ0v) is 20.5. The fraction of sp³-hybridized carbons (Fsp3) is 0.500. The van der Waals surface area contributed by atoms with Crippen molar-refractivity contribution in [1.82, 2.24) is 10.2 Å². The predicted octanol–water partition coefficient (Wildman–Crippen LogP) is 6.33. The van der Waals surface area contributed by atoms with E-state index >= 15 is 0 Å². The molecule has 2 aromatic rings. The van der Waals surface area contributed by atoms with Crippen LogP contribution >= 0.6 is 23.2 Å². The van der Waals surface area contributed by atoms with Crippen LogP contribution in [-0.2, 0) is 11.2 Å². The maximum absolute atomic E-state index is 13.7. The first-order valence-electron chi connectivity index (χ1n) is 11.2. The third-order valence-electron chi connectivity index (χ3n) is 6.23. The molecule has 3 unspecified atom stereocenters. The van der Waals surface area contributed by atoms with Gasteiger partial charge in [0.2, 0.25) is 5.91 Å². The average molecular weight is 461 g/mol. The van der Waals surface area contributed by atoms with Crippen molar-refractivity contribution < 1.29 is 4.79 Å². The van der Waals surface area contributed by atoms with Gasteiger partial charge in [0.05, 0.1) is 0 Å². The predicted molar refractivity (Wildman–Crippen MR) is 131 cm³/mol. The molecule has 1 N–H and O–H groups in total. The summed E-state index contributed by atoms with van der Waals surface area (Å²) in [5, 5.41) is 4.95. The van der Waals surface area contributed by atoms with Crippen molar-refractivity contribution in [2.45, 2.75) is 65.0 Å². The van der Waals surface area contributed by atoms with Crippen LogP contribution in [0.2, 0.25) is 10.0 Å². The summed E-state index contributed by atoms with van der Waals surface area (Å²) in [5.41, 5.74) is 1.97. The van der Waals surface area contributed by atoms with Crippen LogP contribution in [0, 0.1) is 5.41 Å². The summed E-state index contributed by atoms with van der Waals surface area (Å²) in [5.74, 6) is 0.357. The third-order valence-corrected chi connectivity index (χ3v) is 6.73. The fourth-order valence-electron chi connectivity index (χ4n) is 4.49. The van der Waals surface area contributed by atoms with Crippen LogP contribution in [0.3, 0.4) is 0 Å². The van der Waals surface area contributed by atoms with Crippen LogP contribution in [0.1, 0.15) is 57.6 Å². The number of amides is 1. The van der Waals surface area contributed by atoms with E-state index in [0.717, 1.165) is 42.4 Å². The van der Waals surface area contributed by atoms with Gasteiger partial charge in [-0.15, -0.1) is 0 Å². The molecule has 0 spiro atoms. The molecule has 168 valence electrons. The first-order chi connectivity index (χ1) is 14.7. The molecule has 0 radical (unpaired) electrons. The molecule has 1 aliphatic rings. The van der Waals surface area contributed by atoms with Crippen LogP contribution in [0.15, 0.2) is 48.5 Å². The highest BCUT2D eigenvalue weighted by Crippen LogP contribution is 2.33. The van der Waals surface area contributed by atoms with Crippen molar-refractivity contribution in [3.63, 3.8) is 0 Å². The fourth-order valence-corrected chi connectivity index (χ4v) is 4.74. The van der Waals surface area contributed by atoms with Crippen molar-refractivity contribution in [2.24, 2.45) is 5.41 Å². The zero-order valence-electron chi connectivity index (χ0n) is 19.0. The molecule has 3 atom stereocenters. The van der Waals surface area contributed by atoms with Gasteiger partial charge in [0.25, 0.3) is 0 Å². The van der Waals surface area contributed by atoms with Crippen LogP contribution < -0.4 is 5.32 Å². The zero-order chi connectivity index (χ0) is 22.6. The number of halogens is 2. The number of piperidine rings is 1. The van der Waals surface area contributed by atoms with E-state index < -0.39 is 5.41 Å². The lowest BCUT2D eigenvalue weighted by atomic mass is 9.83. The summed E-state index contributed by atoms with van der Waals surface area (Å²) < 4.78 is 0. The Kier molecular flexibility index (Phi) is 8.07. The highest BCUT2D eigenvalue weighted by Gasteiger charge is 2.38. The van der Waals surface area contributed by atoms with E-state index in [-0.39, 0.29) is 23.9 Å². The van der Waals surface area contributed by atoms with Gasteiger partial charge in [-0.2, -0.15) is 0 Å². The summed E-state index contributed by atoms with van der Waals surface area (Å²) >= 11 is 12.3. The maximum atomic E-state index is 13.7. The smallest absolute Gasteiger partial charge is 0.228 e. The van der Waals surface area contributed by atoms with Crippen LogP contribution in [0.5, 0.6) is 0 Å². The van der Waals surface area contributed by atoms with Gasteiger partial charge in [0, 0.05) is 40.0 Å². The average Bonchev–Trinajstić information content (AvgIpc) is 2.74. The summed E-state index contributed by atoms with van der Waals surface area (Å²) in [4.78, 5) is 15.8. The summed E-state index contributed by atoms with van der Waals surface area (Å²) in [7, 11) is 0. The quantitative estimate of drug-likeness (QED) is 0.545. The molecule has 0 bridgehead atoms. The van der Waals surface area contributed by atoms with Gasteiger partial charge in [-0.05, 0) is 68.1 Å². The second-order valence-electron chi connectivity index (χ2n) is 9.69. The van der Waals surface area contributed by atoms with Gasteiger partial charge in [-0.3, -0.25) is 4.79 Å². The molecule has 0 aliphatic carbocycles. The Balaban J connectivity index is 1.99. The molecule has 3 nitrogen and oxygen atoms in total. The SMILES string of the molecule is CC(C(Cc1ccc(Cl)cc1)c1ccc(Cl)cc1)N(C(=O)C(C)(C)C)C1CCCNC1. The van der Waals surface area contributed by atoms with E-state index in [1.807, 2.05) is 45.0 Å². The van der Waals surface area contributed by atoms with E-state index in [9.17, 15) is 4.79 Å². The van der Waals surface area contributed by atoms with Crippen LogP contribution in [0.25, 0.3) is 0 Å². The first kappa shape index (κ1) is 24.1. The summed E-state index contributed by atoms with van der Waals surface area (Å²) in [6, 6.07) is 16.3. The lowest BCUT2D eigenvalue weighted by Gasteiger charge is -2.45. The van der Waals surface area contributed by atoms with Gasteiger partial charge in [0.1, 0.15) is 0 Å². The normalized spacial score (nSPS) is 19.0. The van der Waals surface area contributed by atoms with E-state index in [1.54, 1.807) is 0 Å².